The smallest absolute Gasteiger partial charge is 0.122 e. The number of halogens is 1. The second-order valence-corrected chi connectivity index (χ2v) is 7.86. The van der Waals surface area contributed by atoms with Crippen LogP contribution in [-0.2, 0) is 6.42 Å². The van der Waals surface area contributed by atoms with Gasteiger partial charge in [-0.25, -0.2) is 0 Å². The maximum atomic E-state index is 4.52. The van der Waals surface area contributed by atoms with Crippen LogP contribution in [0.2, 0.25) is 0 Å². The van der Waals surface area contributed by atoms with Gasteiger partial charge >= 0.3 is 0 Å². The van der Waals surface area contributed by atoms with E-state index in [0.717, 1.165) is 24.2 Å². The van der Waals surface area contributed by atoms with Crippen LogP contribution >= 0.6 is 35.4 Å². The first kappa shape index (κ1) is 14.5. The molecule has 22 heavy (non-hydrogen) atoms. The molecule has 0 bridgehead atoms. The Bertz CT molecular complexity index is 806. The van der Waals surface area contributed by atoms with E-state index in [4.69, 9.17) is 0 Å². The summed E-state index contributed by atoms with van der Waals surface area (Å²) in [6.45, 7) is 2.25. The third-order valence-corrected chi connectivity index (χ3v) is 5.82. The van der Waals surface area contributed by atoms with Crippen molar-refractivity contribution in [2.24, 2.45) is 5.92 Å². The molecule has 1 aromatic carbocycles. The molecular formula is C17H16IN3S. The molecule has 0 N–H and O–H groups in total. The highest BCUT2D eigenvalue weighted by atomic mass is 127. The van der Waals surface area contributed by atoms with Crippen molar-refractivity contribution in [2.45, 2.75) is 23.7 Å². The molecule has 2 unspecified atom stereocenters. The van der Waals surface area contributed by atoms with Crippen LogP contribution in [0, 0.1) is 5.92 Å². The minimum atomic E-state index is 0.453. The van der Waals surface area contributed by atoms with Crippen LogP contribution < -0.4 is 0 Å². The average Bonchev–Trinajstić information content (AvgIpc) is 2.87. The lowest BCUT2D eigenvalue weighted by Gasteiger charge is -2.26. The van der Waals surface area contributed by atoms with E-state index in [1.165, 1.54) is 22.3 Å². The highest BCUT2D eigenvalue weighted by Gasteiger charge is 2.29. The second-order valence-electron chi connectivity index (χ2n) is 5.98. The van der Waals surface area contributed by atoms with Crippen LogP contribution in [-0.4, -0.2) is 18.3 Å². The molecule has 0 spiro atoms. The lowest BCUT2D eigenvalue weighted by atomic mass is 9.82. The molecule has 2 aromatic rings. The Hall–Kier alpha value is -1.08. The zero-order valence-electron chi connectivity index (χ0n) is 12.2. The highest BCUT2D eigenvalue weighted by Crippen LogP contribution is 2.42. The maximum absolute atomic E-state index is 4.52. The van der Waals surface area contributed by atoms with Crippen molar-refractivity contribution in [1.82, 2.24) is 14.4 Å². The monoisotopic (exact) mass is 421 g/mol. The number of aromatic nitrogens is 3. The first-order valence-corrected chi connectivity index (χ1v) is 9.08. The molecule has 2 aliphatic carbocycles. The third kappa shape index (κ3) is 2.25. The van der Waals surface area contributed by atoms with Gasteiger partial charge in [0.05, 0.1) is 0 Å². The van der Waals surface area contributed by atoms with E-state index in [9.17, 15) is 0 Å². The summed E-state index contributed by atoms with van der Waals surface area (Å²) in [6.07, 6.45) is 6.64. The van der Waals surface area contributed by atoms with Crippen molar-refractivity contribution < 1.29 is 0 Å². The van der Waals surface area contributed by atoms with Crippen LogP contribution in [0.1, 0.15) is 24.6 Å². The van der Waals surface area contributed by atoms with Gasteiger partial charge < -0.3 is 0 Å². The molecule has 0 saturated heterocycles. The Balaban J connectivity index is 2.03. The fraction of sp³-hybridized carbons (Fsp3) is 0.294. The van der Waals surface area contributed by atoms with E-state index in [1.54, 1.807) is 4.09 Å². The summed E-state index contributed by atoms with van der Waals surface area (Å²) in [5, 5.41) is 8.61. The Morgan fingerprint density at radius 3 is 2.95 bits per heavy atom. The summed E-state index contributed by atoms with van der Waals surface area (Å²) >= 11 is 7.08. The zero-order chi connectivity index (χ0) is 15.3. The Labute approximate surface area is 149 Å². The van der Waals surface area contributed by atoms with Crippen LogP contribution in [0.25, 0.3) is 16.8 Å². The minimum absolute atomic E-state index is 0.453. The van der Waals surface area contributed by atoms with Gasteiger partial charge in [0.1, 0.15) is 11.4 Å². The quantitative estimate of drug-likeness (QED) is 0.390. The van der Waals surface area contributed by atoms with Crippen molar-refractivity contribution in [1.29, 1.82) is 0 Å². The largest absolute Gasteiger partial charge is 0.189 e. The Morgan fingerprint density at radius 1 is 1.27 bits per heavy atom. The predicted octanol–water partition coefficient (Wildman–Crippen LogP) is 4.35. The molecule has 2 atom stereocenters. The number of alkyl halides is 1. The van der Waals surface area contributed by atoms with Gasteiger partial charge in [-0.15, -0.1) is 5.10 Å². The van der Waals surface area contributed by atoms with E-state index in [1.807, 2.05) is 0 Å². The first-order chi connectivity index (χ1) is 10.6. The van der Waals surface area contributed by atoms with Gasteiger partial charge in [-0.05, 0) is 48.3 Å². The average molecular weight is 421 g/mol. The van der Waals surface area contributed by atoms with E-state index in [-0.39, 0.29) is 0 Å². The van der Waals surface area contributed by atoms with Crippen molar-refractivity contribution in [3.8, 4) is 11.3 Å². The SMILES string of the molecule is CC1C=CC2=C(C1)c1c(nnn1S)-c1ccccc1CC2I. The Morgan fingerprint density at radius 2 is 2.09 bits per heavy atom. The lowest BCUT2D eigenvalue weighted by molar-refractivity contribution is 0.734. The fourth-order valence-electron chi connectivity index (χ4n) is 3.35. The number of thiol groups is 1. The van der Waals surface area contributed by atoms with E-state index >= 15 is 0 Å². The molecule has 0 saturated carbocycles. The molecule has 4 rings (SSSR count). The molecule has 1 heterocycles. The number of allylic oxidation sites excluding steroid dienone is 4. The number of benzene rings is 1. The van der Waals surface area contributed by atoms with Gasteiger partial charge in [0.25, 0.3) is 0 Å². The van der Waals surface area contributed by atoms with Gasteiger partial charge in [-0.3, -0.25) is 0 Å². The van der Waals surface area contributed by atoms with Gasteiger partial charge in [0.15, 0.2) is 0 Å². The third-order valence-electron chi connectivity index (χ3n) is 4.43. The number of fused-ring (bicyclic) bond motifs is 4. The number of nitrogens with zero attached hydrogens (tertiary/aromatic N) is 3. The van der Waals surface area contributed by atoms with Crippen LogP contribution in [0.5, 0.6) is 0 Å². The van der Waals surface area contributed by atoms with Gasteiger partial charge in [0, 0.05) is 9.49 Å². The molecule has 5 heteroatoms. The summed E-state index contributed by atoms with van der Waals surface area (Å²) in [5.74, 6) is 0.535. The van der Waals surface area contributed by atoms with Crippen LogP contribution in [0.4, 0.5) is 0 Å². The van der Waals surface area contributed by atoms with Crippen molar-refractivity contribution >= 4 is 41.0 Å². The second kappa shape index (κ2) is 5.53. The summed E-state index contributed by atoms with van der Waals surface area (Å²) in [5.41, 5.74) is 7.28. The highest BCUT2D eigenvalue weighted by molar-refractivity contribution is 14.1. The minimum Gasteiger partial charge on any atom is -0.189 e. The molecule has 2 aliphatic rings. The number of hydrogen-bond donors (Lipinski definition) is 1. The Kier molecular flexibility index (Phi) is 3.64. The summed E-state index contributed by atoms with van der Waals surface area (Å²) in [6, 6.07) is 8.52. The standard InChI is InChI=1S/C17H16IN3S/c1-10-6-7-13-14(8-10)17-16(19-20-21(17)22)12-5-3-2-4-11(12)9-15(13)18/h2-7,10,15,22H,8-9H2,1H3. The fourth-order valence-corrected chi connectivity index (χ4v) is 4.67. The predicted molar refractivity (Wildman–Crippen MR) is 101 cm³/mol. The molecule has 0 aliphatic heterocycles. The van der Waals surface area contributed by atoms with Gasteiger partial charge in [0.2, 0.25) is 0 Å². The first-order valence-electron chi connectivity index (χ1n) is 7.44. The maximum Gasteiger partial charge on any atom is 0.122 e. The number of rotatable bonds is 0. The van der Waals surface area contributed by atoms with Crippen molar-refractivity contribution in [3.63, 3.8) is 0 Å². The molecule has 0 amide bonds. The summed E-state index contributed by atoms with van der Waals surface area (Å²) < 4.78 is 2.09. The van der Waals surface area contributed by atoms with E-state index in [2.05, 4.69) is 89.1 Å². The van der Waals surface area contributed by atoms with Crippen LogP contribution in [0.3, 0.4) is 0 Å². The molecule has 0 radical (unpaired) electrons. The van der Waals surface area contributed by atoms with Crippen LogP contribution in [0.15, 0.2) is 42.0 Å². The van der Waals surface area contributed by atoms with E-state index in [0.29, 0.717) is 9.84 Å². The molecular weight excluding hydrogens is 405 g/mol. The van der Waals surface area contributed by atoms with E-state index < -0.39 is 0 Å². The summed E-state index contributed by atoms with van der Waals surface area (Å²) in [7, 11) is 0. The van der Waals surface area contributed by atoms with Gasteiger partial charge in [-0.2, -0.15) is 4.09 Å². The number of hydrogen-bond acceptors (Lipinski definition) is 3. The van der Waals surface area contributed by atoms with Crippen molar-refractivity contribution in [3.05, 3.63) is 53.2 Å². The van der Waals surface area contributed by atoms with Crippen molar-refractivity contribution in [2.75, 3.05) is 0 Å². The molecule has 1 aromatic heterocycles. The lowest BCUT2D eigenvalue weighted by Crippen LogP contribution is -2.16. The van der Waals surface area contributed by atoms with Gasteiger partial charge in [-0.1, -0.05) is 71.1 Å². The normalized spacial score (nSPS) is 23.4. The molecule has 0 fully saturated rings. The summed E-state index contributed by atoms with van der Waals surface area (Å²) in [4.78, 5) is 0. The molecule has 3 nitrogen and oxygen atoms in total. The molecule has 112 valence electrons. The topological polar surface area (TPSA) is 30.7 Å². The zero-order valence-corrected chi connectivity index (χ0v) is 15.3.